The van der Waals surface area contributed by atoms with E-state index in [0.717, 1.165) is 0 Å². The Balaban J connectivity index is 6.95. The largest absolute Gasteiger partial charge is 0.512 e. The van der Waals surface area contributed by atoms with E-state index in [1.807, 2.05) is 0 Å². The predicted octanol–water partition coefficient (Wildman–Crippen LogP) is 1.37. The average molecular weight is 792 g/mol. The first-order valence-electron chi connectivity index (χ1n) is 9.60. The van der Waals surface area contributed by atoms with Gasteiger partial charge in [0.15, 0.2) is 0 Å². The molecular formula is C11H12F15N3O10S5. The van der Waals surface area contributed by atoms with Crippen molar-refractivity contribution in [1.82, 2.24) is 13.0 Å². The first kappa shape index (κ1) is 42.6. The van der Waals surface area contributed by atoms with Crippen molar-refractivity contribution < 1.29 is 108 Å². The van der Waals surface area contributed by atoms with Gasteiger partial charge in [-0.25, -0.2) is 46.8 Å². The lowest BCUT2D eigenvalue weighted by atomic mass is 10.3. The summed E-state index contributed by atoms with van der Waals surface area (Å²) in [4.78, 5) is 0. The van der Waals surface area contributed by atoms with Gasteiger partial charge in [0.25, 0.3) is 40.1 Å². The highest BCUT2D eigenvalue weighted by atomic mass is 32.3. The fourth-order valence-corrected chi connectivity index (χ4v) is 8.51. The van der Waals surface area contributed by atoms with E-state index >= 15 is 0 Å². The van der Waals surface area contributed by atoms with Crippen LogP contribution in [0, 0.1) is 0 Å². The van der Waals surface area contributed by atoms with Crippen LogP contribution in [0.15, 0.2) is 0 Å². The summed E-state index contributed by atoms with van der Waals surface area (Å²) < 4.78 is 314. The van der Waals surface area contributed by atoms with Crippen molar-refractivity contribution >= 4 is 50.1 Å². The van der Waals surface area contributed by atoms with Crippen molar-refractivity contribution in [1.29, 1.82) is 0 Å². The van der Waals surface area contributed by atoms with Gasteiger partial charge in [-0.15, -0.1) is 0 Å². The molecule has 0 saturated heterocycles. The maximum Gasteiger partial charge on any atom is 0.512 e. The Hall–Kier alpha value is -1.42. The summed E-state index contributed by atoms with van der Waals surface area (Å²) in [5.41, 5.74) is -6.99. The lowest BCUT2D eigenvalue weighted by molar-refractivity contribution is -0.245. The van der Waals surface area contributed by atoms with E-state index in [1.54, 1.807) is 0 Å². The maximum absolute atomic E-state index is 14.0. The minimum atomic E-state index is -8.82. The number of halogens is 15. The molecule has 0 unspecified atom stereocenters. The van der Waals surface area contributed by atoms with E-state index in [0.29, 0.717) is 4.72 Å². The highest BCUT2D eigenvalue weighted by Crippen LogP contribution is 2.53. The molecule has 3 N–H and O–H groups in total. The van der Waals surface area contributed by atoms with Gasteiger partial charge in [-0.1, -0.05) is 21.6 Å². The molecule has 0 aromatic rings. The molecule has 0 amide bonds. The predicted molar refractivity (Wildman–Crippen MR) is 110 cm³/mol. The maximum atomic E-state index is 14.0. The first-order valence-corrected chi connectivity index (χ1v) is 17.0. The van der Waals surface area contributed by atoms with E-state index in [2.05, 4.69) is 0 Å². The van der Waals surface area contributed by atoms with Gasteiger partial charge >= 0.3 is 48.4 Å². The smallest absolute Gasteiger partial charge is 0.210 e. The molecule has 0 saturated carbocycles. The average Bonchev–Trinajstić information content (AvgIpc) is 2.75. The van der Waals surface area contributed by atoms with E-state index in [4.69, 9.17) is 0 Å². The SMILES string of the molecule is CCCCNS(=O)(=O)C(F)(F)C(F)(F)C(F)(F)S(=O)(=O)NS(=O)(=O)C(F)(F)C(F)(F)C(F)(F)S(=O)(=O)NS(=O)(=O)C(F)(F)F. The standard InChI is InChI=1S/C11H12F15N3O10S5/c1-2-3-4-27-40(30,31)7(16,17)5(12,13)8(18,19)41(32,33)28-42(34,35)9(20,21)6(14,15)10(22,23)43(36,37)29-44(38,39)11(24,25)26/h27-29H,2-4H2,1H3. The summed E-state index contributed by atoms with van der Waals surface area (Å²) in [6, 6.07) is 0. The van der Waals surface area contributed by atoms with Crippen LogP contribution in [0.3, 0.4) is 0 Å². The molecule has 266 valence electrons. The second kappa shape index (κ2) is 11.7. The number of unbranched alkanes of at least 4 members (excludes halogenated alkanes) is 1. The number of alkyl halides is 15. The summed E-state index contributed by atoms with van der Waals surface area (Å²) in [5, 5.41) is -31.8. The normalized spacial score (nSPS) is 16.3. The molecule has 0 rings (SSSR count). The van der Waals surface area contributed by atoms with Crippen LogP contribution >= 0.6 is 0 Å². The summed E-state index contributed by atoms with van der Waals surface area (Å²) in [7, 11) is -40.8. The molecule has 0 atom stereocenters. The summed E-state index contributed by atoms with van der Waals surface area (Å²) in [5.74, 6) is -16.4. The number of rotatable bonds is 16. The monoisotopic (exact) mass is 791 g/mol. The third kappa shape index (κ3) is 6.68. The number of nitrogens with one attached hydrogen (secondary N) is 3. The molecule has 13 nitrogen and oxygen atoms in total. The summed E-state index contributed by atoms with van der Waals surface area (Å²) in [6.45, 7) is -0.00751. The van der Waals surface area contributed by atoms with Gasteiger partial charge in [0.1, 0.15) is 0 Å². The first-order chi connectivity index (χ1) is 18.7. The Morgan fingerprint density at radius 1 is 0.432 bits per heavy atom. The van der Waals surface area contributed by atoms with E-state index in [-0.39, 0.29) is 6.42 Å². The van der Waals surface area contributed by atoms with Gasteiger partial charge in [-0.2, -0.15) is 65.9 Å². The number of hydrogen-bond acceptors (Lipinski definition) is 10. The Labute approximate surface area is 235 Å². The Kier molecular flexibility index (Phi) is 11.3. The molecule has 0 aromatic heterocycles. The van der Waals surface area contributed by atoms with Gasteiger partial charge < -0.3 is 0 Å². The minimum absolute atomic E-state index is 0.0931. The molecule has 0 heterocycles. The van der Waals surface area contributed by atoms with Crippen LogP contribution in [0.5, 0.6) is 0 Å². The lowest BCUT2D eigenvalue weighted by Crippen LogP contribution is -2.68. The zero-order valence-corrected chi connectivity index (χ0v) is 24.0. The third-order valence-electron chi connectivity index (χ3n) is 4.38. The molecule has 0 aliphatic heterocycles. The van der Waals surface area contributed by atoms with Crippen molar-refractivity contribution in [2.75, 3.05) is 6.54 Å². The van der Waals surface area contributed by atoms with Crippen LogP contribution in [0.25, 0.3) is 0 Å². The second-order valence-electron chi connectivity index (χ2n) is 7.59. The molecule has 0 radical (unpaired) electrons. The lowest BCUT2D eigenvalue weighted by Gasteiger charge is -2.33. The van der Waals surface area contributed by atoms with Crippen molar-refractivity contribution in [3.63, 3.8) is 0 Å². The highest BCUT2D eigenvalue weighted by molar-refractivity contribution is 8.06. The zero-order chi connectivity index (χ0) is 36.2. The molecule has 0 aliphatic carbocycles. The summed E-state index contributed by atoms with van der Waals surface area (Å²) in [6.07, 6.45) is -0.569. The van der Waals surface area contributed by atoms with E-state index in [9.17, 15) is 108 Å². The molecule has 44 heavy (non-hydrogen) atoms. The van der Waals surface area contributed by atoms with E-state index in [1.165, 1.54) is 6.92 Å². The van der Waals surface area contributed by atoms with Gasteiger partial charge in [0, 0.05) is 6.54 Å². The van der Waals surface area contributed by atoms with Crippen molar-refractivity contribution in [2.45, 2.75) is 58.1 Å². The zero-order valence-electron chi connectivity index (χ0n) is 19.9. The van der Waals surface area contributed by atoms with Crippen LogP contribution in [0.4, 0.5) is 65.9 Å². The Morgan fingerprint density at radius 3 is 0.932 bits per heavy atom. The summed E-state index contributed by atoms with van der Waals surface area (Å²) >= 11 is 0. The Bertz CT molecular complexity index is 1640. The van der Waals surface area contributed by atoms with Gasteiger partial charge in [0.05, 0.1) is 0 Å². The molecule has 0 aliphatic rings. The van der Waals surface area contributed by atoms with Crippen molar-refractivity contribution in [3.8, 4) is 0 Å². The van der Waals surface area contributed by atoms with Gasteiger partial charge in [-0.05, 0) is 6.42 Å². The molecule has 0 bridgehead atoms. The Morgan fingerprint density at radius 2 is 0.682 bits per heavy atom. The molecule has 0 spiro atoms. The fraction of sp³-hybridized carbons (Fsp3) is 1.00. The number of hydrogen-bond donors (Lipinski definition) is 3. The van der Waals surface area contributed by atoms with Crippen LogP contribution < -0.4 is 13.0 Å². The minimum Gasteiger partial charge on any atom is -0.210 e. The fourth-order valence-electron chi connectivity index (χ4n) is 1.98. The molecular weight excluding hydrogens is 779 g/mol. The topological polar surface area (TPSA) is 207 Å². The second-order valence-corrected chi connectivity index (χ2v) is 16.8. The van der Waals surface area contributed by atoms with Crippen LogP contribution in [0.2, 0.25) is 0 Å². The van der Waals surface area contributed by atoms with E-state index < -0.39 is 110 Å². The highest BCUT2D eigenvalue weighted by Gasteiger charge is 2.85. The molecule has 0 aromatic carbocycles. The van der Waals surface area contributed by atoms with Crippen LogP contribution in [-0.2, 0) is 50.1 Å². The van der Waals surface area contributed by atoms with Crippen LogP contribution in [-0.4, -0.2) is 87.0 Å². The molecule has 33 heteroatoms. The third-order valence-corrected chi connectivity index (χ3v) is 12.8. The van der Waals surface area contributed by atoms with Crippen molar-refractivity contribution in [3.05, 3.63) is 0 Å². The number of sulfonamides is 5. The van der Waals surface area contributed by atoms with Gasteiger partial charge in [-0.3, -0.25) is 0 Å². The van der Waals surface area contributed by atoms with Crippen LogP contribution in [0.1, 0.15) is 19.8 Å². The molecule has 0 fully saturated rings. The van der Waals surface area contributed by atoms with Crippen molar-refractivity contribution in [2.24, 2.45) is 0 Å². The quantitative estimate of drug-likeness (QED) is 0.151. The van der Waals surface area contributed by atoms with Gasteiger partial charge in [0.2, 0.25) is 0 Å².